The number of rotatable bonds is 11. The van der Waals surface area contributed by atoms with Gasteiger partial charge in [-0.3, -0.25) is 4.79 Å². The van der Waals surface area contributed by atoms with Crippen molar-refractivity contribution in [3.8, 4) is 6.07 Å². The molecule has 11 heteroatoms. The van der Waals surface area contributed by atoms with E-state index in [9.17, 15) is 18.5 Å². The molecule has 0 spiro atoms. The topological polar surface area (TPSA) is 151 Å². The van der Waals surface area contributed by atoms with E-state index in [0.717, 1.165) is 17.4 Å². The zero-order valence-corrected chi connectivity index (χ0v) is 19.3. The third-order valence-corrected chi connectivity index (χ3v) is 5.80. The second-order valence-electron chi connectivity index (χ2n) is 7.06. The highest BCUT2D eigenvalue weighted by atomic mass is 32.2. The summed E-state index contributed by atoms with van der Waals surface area (Å²) in [5, 5.41) is 13.0. The number of sulfonamides is 1. The summed E-state index contributed by atoms with van der Waals surface area (Å²) in [6.45, 7) is 2.15. The number of benzene rings is 1. The van der Waals surface area contributed by atoms with Crippen molar-refractivity contribution in [1.82, 2.24) is 14.7 Å². The number of thioether (sulfide) groups is 1. The average molecular weight is 463 g/mol. The molecule has 0 unspecified atom stereocenters. The number of ketones is 1. The molecule has 0 bridgehead atoms. The van der Waals surface area contributed by atoms with Gasteiger partial charge in [0.25, 0.3) is 0 Å². The molecule has 0 saturated carbocycles. The number of Topliss-reactive ketones (excluding diaryl/α,β-unsaturated/α-hetero) is 1. The van der Waals surface area contributed by atoms with Crippen LogP contribution in [0.2, 0.25) is 0 Å². The Kier molecular flexibility index (Phi) is 8.79. The van der Waals surface area contributed by atoms with Gasteiger partial charge in [-0.15, -0.1) is 11.8 Å². The van der Waals surface area contributed by atoms with Crippen LogP contribution in [0.25, 0.3) is 0 Å². The minimum atomic E-state index is -3.32. The molecule has 2 rings (SSSR count). The summed E-state index contributed by atoms with van der Waals surface area (Å²) >= 11 is 1.26. The molecule has 4 N–H and O–H groups in total. The lowest BCUT2D eigenvalue weighted by molar-refractivity contribution is -0.119. The molecule has 1 aromatic carbocycles. The number of carbonyl (C=O) groups excluding carboxylic acids is 1. The molecular formula is C20H26N6O3S2. The lowest BCUT2D eigenvalue weighted by Gasteiger charge is -2.20. The number of aryl methyl sites for hydroxylation is 1. The Bertz CT molecular complexity index is 1080. The van der Waals surface area contributed by atoms with E-state index in [1.54, 1.807) is 6.26 Å². The van der Waals surface area contributed by atoms with Crippen molar-refractivity contribution in [1.29, 1.82) is 5.26 Å². The van der Waals surface area contributed by atoms with Gasteiger partial charge in [0.15, 0.2) is 11.6 Å². The maximum atomic E-state index is 13.1. The van der Waals surface area contributed by atoms with Crippen molar-refractivity contribution < 1.29 is 13.2 Å². The van der Waals surface area contributed by atoms with E-state index >= 15 is 0 Å². The van der Waals surface area contributed by atoms with Crippen LogP contribution in [-0.2, 0) is 21.2 Å². The van der Waals surface area contributed by atoms with Crippen LogP contribution >= 0.6 is 11.8 Å². The summed E-state index contributed by atoms with van der Waals surface area (Å²) < 4.78 is 25.0. The zero-order valence-electron chi connectivity index (χ0n) is 17.7. The maximum absolute atomic E-state index is 13.1. The first-order valence-electron chi connectivity index (χ1n) is 9.54. The van der Waals surface area contributed by atoms with E-state index in [1.807, 2.05) is 31.2 Å². The summed E-state index contributed by atoms with van der Waals surface area (Å²) in [5.74, 6) is 0.0872. The van der Waals surface area contributed by atoms with Crippen molar-refractivity contribution >= 4 is 39.3 Å². The molecule has 2 aromatic rings. The Morgan fingerprint density at radius 3 is 2.71 bits per heavy atom. The van der Waals surface area contributed by atoms with E-state index in [0.29, 0.717) is 17.9 Å². The summed E-state index contributed by atoms with van der Waals surface area (Å²) in [6, 6.07) is 9.04. The van der Waals surface area contributed by atoms with Gasteiger partial charge in [0.05, 0.1) is 12.3 Å². The standard InChI is InChI=1S/C20H26N6O3S2/c1-13-6-4-7-14(10-13)11-17(27)16(8-5-9-23-31(3,28)29)24-18-15(12-21)19(30-2)26-20(22)25-18/h4,6-7,10,16,23H,5,8-9,11H2,1-3H3,(H3,22,24,25,26)/t16-/m0/s1. The fourth-order valence-electron chi connectivity index (χ4n) is 3.00. The Balaban J connectivity index is 2.26. The highest BCUT2D eigenvalue weighted by Gasteiger charge is 2.22. The molecule has 9 nitrogen and oxygen atoms in total. The van der Waals surface area contributed by atoms with Crippen LogP contribution in [0.5, 0.6) is 0 Å². The fraction of sp³-hybridized carbons (Fsp3) is 0.400. The van der Waals surface area contributed by atoms with Gasteiger partial charge in [0, 0.05) is 13.0 Å². The van der Waals surface area contributed by atoms with Crippen molar-refractivity contribution in [2.75, 3.05) is 30.1 Å². The van der Waals surface area contributed by atoms with Gasteiger partial charge < -0.3 is 11.1 Å². The molecule has 166 valence electrons. The zero-order chi connectivity index (χ0) is 23.0. The van der Waals surface area contributed by atoms with E-state index in [1.165, 1.54) is 11.8 Å². The van der Waals surface area contributed by atoms with E-state index in [-0.39, 0.29) is 36.1 Å². The Hall–Kier alpha value is -2.68. The highest BCUT2D eigenvalue weighted by molar-refractivity contribution is 7.98. The van der Waals surface area contributed by atoms with Crippen LogP contribution in [0, 0.1) is 18.3 Å². The molecule has 1 heterocycles. The number of anilines is 2. The van der Waals surface area contributed by atoms with Gasteiger partial charge in [-0.2, -0.15) is 10.2 Å². The third kappa shape index (κ3) is 7.82. The van der Waals surface area contributed by atoms with Crippen LogP contribution in [0.4, 0.5) is 11.8 Å². The lowest BCUT2D eigenvalue weighted by Crippen LogP contribution is -2.33. The smallest absolute Gasteiger partial charge is 0.223 e. The maximum Gasteiger partial charge on any atom is 0.223 e. The summed E-state index contributed by atoms with van der Waals surface area (Å²) in [5.41, 5.74) is 7.91. The van der Waals surface area contributed by atoms with Gasteiger partial charge in [-0.25, -0.2) is 18.1 Å². The number of aromatic nitrogens is 2. The monoisotopic (exact) mass is 462 g/mol. The number of nitrogen functional groups attached to an aromatic ring is 1. The van der Waals surface area contributed by atoms with Gasteiger partial charge in [-0.05, 0) is 31.6 Å². The first-order chi connectivity index (χ1) is 14.6. The predicted octanol–water partition coefficient (Wildman–Crippen LogP) is 1.88. The Morgan fingerprint density at radius 1 is 1.35 bits per heavy atom. The van der Waals surface area contributed by atoms with Crippen molar-refractivity contribution in [3.63, 3.8) is 0 Å². The van der Waals surface area contributed by atoms with Crippen LogP contribution < -0.4 is 15.8 Å². The van der Waals surface area contributed by atoms with Gasteiger partial charge in [0.1, 0.15) is 16.7 Å². The Labute approximate surface area is 186 Å². The quantitative estimate of drug-likeness (QED) is 0.258. The normalized spacial score (nSPS) is 12.2. The van der Waals surface area contributed by atoms with Crippen molar-refractivity contribution in [2.24, 2.45) is 0 Å². The number of nitrogens with one attached hydrogen (secondary N) is 2. The molecule has 1 aromatic heterocycles. The number of carbonyl (C=O) groups is 1. The summed E-state index contributed by atoms with van der Waals surface area (Å²) in [4.78, 5) is 21.3. The minimum absolute atomic E-state index is 0.00511. The molecule has 0 amide bonds. The SMILES string of the molecule is CSc1nc(N)nc(N[C@@H](CCCNS(C)(=O)=O)C(=O)Cc2cccc(C)c2)c1C#N. The van der Waals surface area contributed by atoms with Crippen LogP contribution in [0.15, 0.2) is 29.3 Å². The lowest BCUT2D eigenvalue weighted by atomic mass is 9.99. The van der Waals surface area contributed by atoms with Crippen molar-refractivity contribution in [3.05, 3.63) is 41.0 Å². The van der Waals surface area contributed by atoms with E-state index < -0.39 is 16.1 Å². The first-order valence-corrected chi connectivity index (χ1v) is 12.7. The van der Waals surface area contributed by atoms with E-state index in [4.69, 9.17) is 5.73 Å². The largest absolute Gasteiger partial charge is 0.368 e. The molecule has 0 radical (unpaired) electrons. The van der Waals surface area contributed by atoms with Crippen LogP contribution in [0.1, 0.15) is 29.5 Å². The van der Waals surface area contributed by atoms with Gasteiger partial charge in [-0.1, -0.05) is 29.8 Å². The molecule has 0 aliphatic rings. The second kappa shape index (κ2) is 11.1. The molecule has 0 fully saturated rings. The van der Waals surface area contributed by atoms with Gasteiger partial charge in [0.2, 0.25) is 16.0 Å². The van der Waals surface area contributed by atoms with Crippen LogP contribution in [-0.4, -0.2) is 49.3 Å². The first kappa shape index (κ1) is 24.6. The third-order valence-electron chi connectivity index (χ3n) is 4.39. The summed E-state index contributed by atoms with van der Waals surface area (Å²) in [7, 11) is -3.32. The van der Waals surface area contributed by atoms with Crippen molar-refractivity contribution in [2.45, 2.75) is 37.3 Å². The number of nitrogens with zero attached hydrogens (tertiary/aromatic N) is 3. The minimum Gasteiger partial charge on any atom is -0.368 e. The summed E-state index contributed by atoms with van der Waals surface area (Å²) in [6.07, 6.45) is 3.80. The highest BCUT2D eigenvalue weighted by Crippen LogP contribution is 2.25. The molecule has 0 aliphatic carbocycles. The van der Waals surface area contributed by atoms with E-state index in [2.05, 4.69) is 26.1 Å². The molecule has 1 atom stereocenters. The van der Waals surface area contributed by atoms with Gasteiger partial charge >= 0.3 is 0 Å². The fourth-order valence-corrected chi connectivity index (χ4v) is 4.04. The number of nitrogens with two attached hydrogens (primary N) is 1. The Morgan fingerprint density at radius 2 is 2.10 bits per heavy atom. The molecule has 0 aliphatic heterocycles. The molecule has 0 saturated heterocycles. The number of hydrogen-bond donors (Lipinski definition) is 3. The number of hydrogen-bond acceptors (Lipinski definition) is 9. The van der Waals surface area contributed by atoms with Crippen LogP contribution in [0.3, 0.4) is 0 Å². The number of nitriles is 1. The molecular weight excluding hydrogens is 436 g/mol. The second-order valence-corrected chi connectivity index (χ2v) is 9.69. The average Bonchev–Trinajstić information content (AvgIpc) is 2.68. The molecule has 31 heavy (non-hydrogen) atoms. The predicted molar refractivity (Wildman–Crippen MR) is 122 cm³/mol.